The summed E-state index contributed by atoms with van der Waals surface area (Å²) in [5.41, 5.74) is 2.26. The van der Waals surface area contributed by atoms with Crippen LogP contribution in [-0.4, -0.2) is 28.1 Å². The fraction of sp³-hybridized carbons (Fsp3) is 0.105. The molecule has 0 bridgehead atoms. The molecule has 0 saturated carbocycles. The number of ether oxygens (including phenoxy) is 1. The fourth-order valence-corrected chi connectivity index (χ4v) is 2.49. The minimum atomic E-state index is -0.581. The van der Waals surface area contributed by atoms with Crippen LogP contribution >= 0.6 is 11.6 Å². The summed E-state index contributed by atoms with van der Waals surface area (Å²) >= 11 is 5.79. The topological polar surface area (TPSA) is 61.2 Å². The number of rotatable bonds is 5. The van der Waals surface area contributed by atoms with Gasteiger partial charge in [-0.2, -0.15) is 5.10 Å². The van der Waals surface area contributed by atoms with Crippen molar-refractivity contribution in [2.75, 3.05) is 6.61 Å². The molecule has 0 atom stereocenters. The average Bonchev–Trinajstić information content (AvgIpc) is 3.02. The zero-order chi connectivity index (χ0) is 17.8. The molecule has 1 heterocycles. The minimum absolute atomic E-state index is 0.293. The molecule has 126 valence electrons. The van der Waals surface area contributed by atoms with Crippen molar-refractivity contribution < 1.29 is 14.3 Å². The Morgan fingerprint density at radius 2 is 1.76 bits per heavy atom. The van der Waals surface area contributed by atoms with Crippen LogP contribution in [0.15, 0.2) is 60.8 Å². The second-order valence-electron chi connectivity index (χ2n) is 5.40. The van der Waals surface area contributed by atoms with Crippen LogP contribution in [0.25, 0.3) is 5.69 Å². The minimum Gasteiger partial charge on any atom is -0.454 e. The number of Topliss-reactive ketones (excluding diaryl/α,β-unsaturated/α-hetero) is 1. The zero-order valence-electron chi connectivity index (χ0n) is 13.5. The van der Waals surface area contributed by atoms with Gasteiger partial charge in [0.25, 0.3) is 0 Å². The van der Waals surface area contributed by atoms with E-state index in [0.717, 1.165) is 5.69 Å². The van der Waals surface area contributed by atoms with Gasteiger partial charge in [0, 0.05) is 10.6 Å². The van der Waals surface area contributed by atoms with E-state index >= 15 is 0 Å². The van der Waals surface area contributed by atoms with Gasteiger partial charge in [0.2, 0.25) is 0 Å². The van der Waals surface area contributed by atoms with Crippen molar-refractivity contribution >= 4 is 23.4 Å². The lowest BCUT2D eigenvalue weighted by Gasteiger charge is -2.06. The Hall–Kier alpha value is -2.92. The lowest BCUT2D eigenvalue weighted by Crippen LogP contribution is -2.14. The van der Waals surface area contributed by atoms with E-state index in [1.807, 2.05) is 30.3 Å². The number of ketones is 1. The van der Waals surface area contributed by atoms with Crippen LogP contribution in [0.2, 0.25) is 5.02 Å². The Bertz CT molecular complexity index is 902. The molecule has 0 unspecified atom stereocenters. The summed E-state index contributed by atoms with van der Waals surface area (Å²) in [7, 11) is 0. The Balaban J connectivity index is 1.69. The molecule has 0 spiro atoms. The molecule has 3 rings (SSSR count). The predicted octanol–water partition coefficient (Wildman–Crippen LogP) is 3.87. The van der Waals surface area contributed by atoms with Crippen molar-refractivity contribution in [2.45, 2.75) is 6.92 Å². The summed E-state index contributed by atoms with van der Waals surface area (Å²) in [6, 6.07) is 15.9. The summed E-state index contributed by atoms with van der Waals surface area (Å²) in [5.74, 6) is -0.875. The number of aromatic nitrogens is 2. The van der Waals surface area contributed by atoms with Crippen LogP contribution in [0, 0.1) is 6.92 Å². The maximum Gasteiger partial charge on any atom is 0.342 e. The van der Waals surface area contributed by atoms with Crippen molar-refractivity contribution in [2.24, 2.45) is 0 Å². The molecule has 1 aromatic heterocycles. The normalized spacial score (nSPS) is 10.5. The van der Waals surface area contributed by atoms with Gasteiger partial charge in [-0.1, -0.05) is 29.8 Å². The summed E-state index contributed by atoms with van der Waals surface area (Å²) in [4.78, 5) is 24.3. The molecule has 5 nitrogen and oxygen atoms in total. The summed E-state index contributed by atoms with van der Waals surface area (Å²) in [6.07, 6.45) is 1.44. The van der Waals surface area contributed by atoms with E-state index in [9.17, 15) is 9.59 Å². The first kappa shape index (κ1) is 16.9. The molecule has 0 fully saturated rings. The molecular weight excluding hydrogens is 340 g/mol. The van der Waals surface area contributed by atoms with Crippen molar-refractivity contribution in [1.82, 2.24) is 9.78 Å². The van der Waals surface area contributed by atoms with Gasteiger partial charge in [0.05, 0.1) is 17.6 Å². The van der Waals surface area contributed by atoms with Crippen LogP contribution in [0.5, 0.6) is 0 Å². The highest BCUT2D eigenvalue weighted by atomic mass is 35.5. The third kappa shape index (κ3) is 3.78. The maximum atomic E-state index is 12.3. The predicted molar refractivity (Wildman–Crippen MR) is 94.4 cm³/mol. The molecular formula is C19H15ClN2O3. The number of carbonyl (C=O) groups excluding carboxylic acids is 2. The van der Waals surface area contributed by atoms with Crippen LogP contribution in [0.3, 0.4) is 0 Å². The number of nitrogens with zero attached hydrogens (tertiary/aromatic N) is 2. The molecule has 2 aromatic carbocycles. The van der Waals surface area contributed by atoms with Crippen LogP contribution in [0.4, 0.5) is 0 Å². The molecule has 6 heteroatoms. The largest absolute Gasteiger partial charge is 0.454 e. The fourth-order valence-electron chi connectivity index (χ4n) is 2.37. The summed E-state index contributed by atoms with van der Waals surface area (Å²) in [6.45, 7) is 1.44. The van der Waals surface area contributed by atoms with Crippen molar-refractivity contribution in [3.63, 3.8) is 0 Å². The Kier molecular flexibility index (Phi) is 4.95. The van der Waals surface area contributed by atoms with Gasteiger partial charge in [0.15, 0.2) is 12.4 Å². The molecule has 0 radical (unpaired) electrons. The highest BCUT2D eigenvalue weighted by Crippen LogP contribution is 2.15. The molecule has 3 aromatic rings. The van der Waals surface area contributed by atoms with Gasteiger partial charge in [-0.05, 0) is 43.3 Å². The third-order valence-corrected chi connectivity index (χ3v) is 3.98. The Morgan fingerprint density at radius 3 is 2.44 bits per heavy atom. The lowest BCUT2D eigenvalue weighted by molar-refractivity contribution is 0.0474. The van der Waals surface area contributed by atoms with Gasteiger partial charge < -0.3 is 4.74 Å². The van der Waals surface area contributed by atoms with E-state index in [2.05, 4.69) is 5.10 Å². The highest BCUT2D eigenvalue weighted by molar-refractivity contribution is 6.30. The van der Waals surface area contributed by atoms with Crippen LogP contribution in [-0.2, 0) is 4.74 Å². The Morgan fingerprint density at radius 1 is 1.08 bits per heavy atom. The summed E-state index contributed by atoms with van der Waals surface area (Å²) < 4.78 is 6.78. The molecule has 25 heavy (non-hydrogen) atoms. The lowest BCUT2D eigenvalue weighted by atomic mass is 10.1. The number of para-hydroxylation sites is 1. The quantitative estimate of drug-likeness (QED) is 0.515. The van der Waals surface area contributed by atoms with Crippen molar-refractivity contribution in [3.05, 3.63) is 82.6 Å². The van der Waals surface area contributed by atoms with E-state index in [0.29, 0.717) is 21.8 Å². The van der Waals surface area contributed by atoms with E-state index in [-0.39, 0.29) is 12.4 Å². The van der Waals surface area contributed by atoms with E-state index < -0.39 is 5.97 Å². The summed E-state index contributed by atoms with van der Waals surface area (Å²) in [5, 5.41) is 4.76. The molecule has 0 amide bonds. The van der Waals surface area contributed by atoms with Crippen molar-refractivity contribution in [3.8, 4) is 5.69 Å². The number of benzene rings is 2. The highest BCUT2D eigenvalue weighted by Gasteiger charge is 2.18. The van der Waals surface area contributed by atoms with Gasteiger partial charge in [-0.15, -0.1) is 0 Å². The van der Waals surface area contributed by atoms with Gasteiger partial charge in [-0.25, -0.2) is 9.48 Å². The van der Waals surface area contributed by atoms with Crippen molar-refractivity contribution in [1.29, 1.82) is 0 Å². The second kappa shape index (κ2) is 7.32. The molecule has 0 N–H and O–H groups in total. The second-order valence-corrected chi connectivity index (χ2v) is 5.83. The Labute approximate surface area is 149 Å². The van der Waals surface area contributed by atoms with Gasteiger partial charge in [0.1, 0.15) is 5.56 Å². The number of esters is 1. The number of carbonyl (C=O) groups is 2. The van der Waals surface area contributed by atoms with Gasteiger partial charge in [-0.3, -0.25) is 4.79 Å². The maximum absolute atomic E-state index is 12.3. The average molecular weight is 355 g/mol. The third-order valence-electron chi connectivity index (χ3n) is 3.73. The van der Waals surface area contributed by atoms with Gasteiger partial charge >= 0.3 is 5.97 Å². The number of hydrogen-bond donors (Lipinski definition) is 0. The molecule has 0 aliphatic rings. The van der Waals surface area contributed by atoms with E-state index in [1.165, 1.54) is 6.20 Å². The first-order valence-electron chi connectivity index (χ1n) is 7.62. The first-order valence-corrected chi connectivity index (χ1v) is 8.00. The SMILES string of the molecule is Cc1c(C(=O)OCC(=O)c2ccc(Cl)cc2)cnn1-c1ccccc1. The van der Waals surface area contributed by atoms with Crippen LogP contribution < -0.4 is 0 Å². The standard InChI is InChI=1S/C19H15ClN2O3/c1-13-17(11-21-22(13)16-5-3-2-4-6-16)19(24)25-12-18(23)14-7-9-15(20)10-8-14/h2-11H,12H2,1H3. The number of hydrogen-bond acceptors (Lipinski definition) is 4. The molecule has 0 aliphatic heterocycles. The zero-order valence-corrected chi connectivity index (χ0v) is 14.2. The van der Waals surface area contributed by atoms with E-state index in [4.69, 9.17) is 16.3 Å². The monoisotopic (exact) mass is 354 g/mol. The first-order chi connectivity index (χ1) is 12.1. The van der Waals surface area contributed by atoms with E-state index in [1.54, 1.807) is 35.9 Å². The molecule has 0 aliphatic carbocycles. The molecule has 0 saturated heterocycles. The number of halogens is 1. The van der Waals surface area contributed by atoms with Crippen LogP contribution in [0.1, 0.15) is 26.4 Å². The smallest absolute Gasteiger partial charge is 0.342 e.